The summed E-state index contributed by atoms with van der Waals surface area (Å²) in [7, 11) is 0. The highest BCUT2D eigenvalue weighted by atomic mass is 32.2. The van der Waals surface area contributed by atoms with Crippen molar-refractivity contribution >= 4 is 45.1 Å². The van der Waals surface area contributed by atoms with Gasteiger partial charge in [0.1, 0.15) is 4.83 Å². The summed E-state index contributed by atoms with van der Waals surface area (Å²) in [6.07, 6.45) is 3.73. The number of unbranched alkanes of at least 4 members (excludes halogenated alkanes) is 2. The van der Waals surface area contributed by atoms with Crippen LogP contribution in [0.2, 0.25) is 0 Å². The zero-order valence-electron chi connectivity index (χ0n) is 21.7. The summed E-state index contributed by atoms with van der Waals surface area (Å²) >= 11 is 2.83. The normalized spacial score (nSPS) is 15.5. The van der Waals surface area contributed by atoms with E-state index >= 15 is 0 Å². The van der Waals surface area contributed by atoms with Crippen LogP contribution >= 0.6 is 23.1 Å². The monoisotopic (exact) mass is 540 g/mol. The van der Waals surface area contributed by atoms with Gasteiger partial charge in [0.25, 0.3) is 5.56 Å². The molecule has 1 aliphatic rings. The van der Waals surface area contributed by atoms with E-state index in [9.17, 15) is 9.59 Å². The number of hydrogen-bond donors (Lipinski definition) is 0. The van der Waals surface area contributed by atoms with Crippen molar-refractivity contribution in [1.29, 1.82) is 0 Å². The number of fused-ring (bicyclic) bond motifs is 5. The van der Waals surface area contributed by atoms with E-state index in [1.54, 1.807) is 15.9 Å². The molecule has 37 heavy (non-hydrogen) atoms. The molecule has 0 unspecified atom stereocenters. The van der Waals surface area contributed by atoms with E-state index in [0.717, 1.165) is 45.8 Å². The molecule has 4 heterocycles. The maximum atomic E-state index is 14.1. The number of thiophene rings is 1. The van der Waals surface area contributed by atoms with Crippen LogP contribution in [-0.4, -0.2) is 43.6 Å². The molecule has 0 amide bonds. The molecule has 1 atom stereocenters. The third kappa shape index (κ3) is 5.06. The van der Waals surface area contributed by atoms with Crippen LogP contribution in [0, 0.1) is 12.8 Å². The van der Waals surface area contributed by atoms with Gasteiger partial charge >= 0.3 is 5.97 Å². The highest BCUT2D eigenvalue weighted by Crippen LogP contribution is 2.37. The largest absolute Gasteiger partial charge is 0.465 e. The zero-order valence-corrected chi connectivity index (χ0v) is 23.3. The Bertz CT molecular complexity index is 1490. The number of ether oxygens (including phenoxy) is 2. The molecule has 8 nitrogen and oxygen atoms in total. The van der Waals surface area contributed by atoms with Crippen LogP contribution in [0.25, 0.3) is 21.7 Å². The summed E-state index contributed by atoms with van der Waals surface area (Å²) in [5.41, 5.74) is 2.79. The van der Waals surface area contributed by atoms with Gasteiger partial charge in [-0.15, -0.1) is 21.5 Å². The maximum Gasteiger partial charge on any atom is 0.316 e. The number of hydrogen-bond acceptors (Lipinski definition) is 8. The molecular formula is C27H32N4O4S2. The minimum atomic E-state index is -0.278. The van der Waals surface area contributed by atoms with Crippen molar-refractivity contribution < 1.29 is 14.3 Å². The standard InChI is InChI=1S/C27H32N4O4S2/c1-5-6-7-12-34-22(32)15-36-27-29-28-26-30(18-10-8-17(4)9-11-18)24(33)23-19-13-20(16(2)3)35-14-21(19)37-25(23)31(26)27/h8-11,16,20H,5-7,12-15H2,1-4H3/t20-/m1/s1. The van der Waals surface area contributed by atoms with Gasteiger partial charge in [0.2, 0.25) is 5.78 Å². The SMILES string of the molecule is CCCCCOC(=O)CSc1nnc2n(-c3ccc(C)cc3)c(=O)c3c4c(sc3n12)CO[C@@H](C(C)C)C4. The number of aromatic nitrogens is 4. The van der Waals surface area contributed by atoms with Crippen molar-refractivity contribution in [3.8, 4) is 5.69 Å². The van der Waals surface area contributed by atoms with Gasteiger partial charge < -0.3 is 9.47 Å². The van der Waals surface area contributed by atoms with Gasteiger partial charge in [0, 0.05) is 11.3 Å². The fraction of sp³-hybridized carbons (Fsp3) is 0.481. The molecule has 3 aromatic heterocycles. The van der Waals surface area contributed by atoms with Crippen LogP contribution in [0.5, 0.6) is 0 Å². The fourth-order valence-electron chi connectivity index (χ4n) is 4.59. The van der Waals surface area contributed by atoms with E-state index in [0.29, 0.717) is 41.9 Å². The van der Waals surface area contributed by atoms with Gasteiger partial charge in [-0.2, -0.15) is 0 Å². The molecule has 0 N–H and O–H groups in total. The molecule has 10 heteroatoms. The van der Waals surface area contributed by atoms with Crippen LogP contribution in [0.15, 0.2) is 34.2 Å². The number of benzene rings is 1. The number of carbonyl (C=O) groups excluding carboxylic acids is 1. The molecule has 0 fully saturated rings. The predicted molar refractivity (Wildman–Crippen MR) is 147 cm³/mol. The highest BCUT2D eigenvalue weighted by molar-refractivity contribution is 7.99. The molecular weight excluding hydrogens is 508 g/mol. The van der Waals surface area contributed by atoms with Crippen molar-refractivity contribution in [2.45, 2.75) is 71.2 Å². The van der Waals surface area contributed by atoms with Crippen molar-refractivity contribution in [3.05, 3.63) is 50.6 Å². The Labute approximate surface area is 224 Å². The summed E-state index contributed by atoms with van der Waals surface area (Å²) in [6, 6.07) is 7.82. The maximum absolute atomic E-state index is 14.1. The van der Waals surface area contributed by atoms with E-state index in [-0.39, 0.29) is 23.4 Å². The molecule has 0 bridgehead atoms. The first-order valence-corrected chi connectivity index (χ1v) is 14.6. The summed E-state index contributed by atoms with van der Waals surface area (Å²) in [6.45, 7) is 9.32. The molecule has 0 saturated carbocycles. The van der Waals surface area contributed by atoms with E-state index in [4.69, 9.17) is 9.47 Å². The van der Waals surface area contributed by atoms with Crippen molar-refractivity contribution in [3.63, 3.8) is 0 Å². The number of nitrogens with zero attached hydrogens (tertiary/aromatic N) is 4. The van der Waals surface area contributed by atoms with Crippen LogP contribution < -0.4 is 5.56 Å². The number of rotatable bonds is 9. The lowest BCUT2D eigenvalue weighted by Gasteiger charge is -2.26. The molecule has 0 spiro atoms. The Hall–Kier alpha value is -2.69. The average molecular weight is 541 g/mol. The Morgan fingerprint density at radius 3 is 2.76 bits per heavy atom. The summed E-state index contributed by atoms with van der Waals surface area (Å²) in [5, 5.41) is 10.1. The predicted octanol–water partition coefficient (Wildman–Crippen LogP) is 5.33. The number of thioether (sulfide) groups is 1. The van der Waals surface area contributed by atoms with Gasteiger partial charge in [0.05, 0.1) is 36.1 Å². The highest BCUT2D eigenvalue weighted by Gasteiger charge is 2.30. The quantitative estimate of drug-likeness (QED) is 0.161. The Morgan fingerprint density at radius 2 is 2.03 bits per heavy atom. The van der Waals surface area contributed by atoms with Gasteiger partial charge in [-0.3, -0.25) is 9.59 Å². The Balaban J connectivity index is 1.61. The molecule has 0 radical (unpaired) electrons. The minimum Gasteiger partial charge on any atom is -0.465 e. The van der Waals surface area contributed by atoms with Crippen LogP contribution in [0.3, 0.4) is 0 Å². The lowest BCUT2D eigenvalue weighted by atomic mass is 9.96. The number of carbonyl (C=O) groups is 1. The average Bonchev–Trinajstić information content (AvgIpc) is 3.47. The smallest absolute Gasteiger partial charge is 0.316 e. The zero-order chi connectivity index (χ0) is 26.1. The number of esters is 1. The summed E-state index contributed by atoms with van der Waals surface area (Å²) in [5.74, 6) is 0.622. The van der Waals surface area contributed by atoms with Crippen molar-refractivity contribution in [1.82, 2.24) is 19.2 Å². The first-order chi connectivity index (χ1) is 17.9. The third-order valence-electron chi connectivity index (χ3n) is 6.71. The van der Waals surface area contributed by atoms with Crippen LogP contribution in [0.1, 0.15) is 56.0 Å². The first kappa shape index (κ1) is 25.9. The molecule has 0 aliphatic carbocycles. The van der Waals surface area contributed by atoms with E-state index < -0.39 is 0 Å². The molecule has 5 rings (SSSR count). The van der Waals surface area contributed by atoms with Gasteiger partial charge in [-0.05, 0) is 37.0 Å². The molecule has 0 saturated heterocycles. The molecule has 4 aromatic rings. The van der Waals surface area contributed by atoms with Gasteiger partial charge in [-0.1, -0.05) is 63.1 Å². The Kier molecular flexibility index (Phi) is 7.69. The van der Waals surface area contributed by atoms with Crippen molar-refractivity contribution in [2.75, 3.05) is 12.4 Å². The lowest BCUT2D eigenvalue weighted by molar-refractivity contribution is -0.140. The molecule has 1 aliphatic heterocycles. The van der Waals surface area contributed by atoms with E-state index in [1.165, 1.54) is 11.8 Å². The fourth-order valence-corrected chi connectivity index (χ4v) is 6.62. The molecule has 196 valence electrons. The second-order valence-electron chi connectivity index (χ2n) is 9.79. The summed E-state index contributed by atoms with van der Waals surface area (Å²) in [4.78, 5) is 28.3. The van der Waals surface area contributed by atoms with Gasteiger partial charge in [0.15, 0.2) is 5.16 Å². The Morgan fingerprint density at radius 1 is 1.24 bits per heavy atom. The first-order valence-electron chi connectivity index (χ1n) is 12.8. The second-order valence-corrected chi connectivity index (χ2v) is 11.8. The number of aryl methyl sites for hydroxylation is 1. The minimum absolute atomic E-state index is 0.0606. The van der Waals surface area contributed by atoms with E-state index in [1.807, 2.05) is 35.6 Å². The van der Waals surface area contributed by atoms with Gasteiger partial charge in [-0.25, -0.2) is 8.97 Å². The molecule has 1 aromatic carbocycles. The third-order valence-corrected chi connectivity index (χ3v) is 8.80. The van der Waals surface area contributed by atoms with Crippen LogP contribution in [0.4, 0.5) is 0 Å². The van der Waals surface area contributed by atoms with E-state index in [2.05, 4.69) is 31.0 Å². The topological polar surface area (TPSA) is 87.7 Å². The summed E-state index contributed by atoms with van der Waals surface area (Å²) < 4.78 is 15.0. The lowest BCUT2D eigenvalue weighted by Crippen LogP contribution is -2.28. The van der Waals surface area contributed by atoms with Crippen LogP contribution in [-0.2, 0) is 27.3 Å². The second kappa shape index (κ2) is 11.0. The van der Waals surface area contributed by atoms with Crippen molar-refractivity contribution in [2.24, 2.45) is 5.92 Å².